The Morgan fingerprint density at radius 1 is 1.28 bits per heavy atom. The van der Waals surface area contributed by atoms with Gasteiger partial charge in [0.15, 0.2) is 0 Å². The highest BCUT2D eigenvalue weighted by Crippen LogP contribution is 2.16. The first kappa shape index (κ1) is 18.9. The van der Waals surface area contributed by atoms with Crippen molar-refractivity contribution in [2.45, 2.75) is 39.0 Å². The van der Waals surface area contributed by atoms with Crippen LogP contribution in [0.3, 0.4) is 0 Å². The Hall–Kier alpha value is -2.48. The third-order valence-corrected chi connectivity index (χ3v) is 3.64. The summed E-state index contributed by atoms with van der Waals surface area (Å²) in [5, 5.41) is 9.67. The van der Waals surface area contributed by atoms with Crippen molar-refractivity contribution in [1.29, 1.82) is 0 Å². The van der Waals surface area contributed by atoms with Gasteiger partial charge >= 0.3 is 6.03 Å². The van der Waals surface area contributed by atoms with Gasteiger partial charge in [-0.05, 0) is 38.5 Å². The summed E-state index contributed by atoms with van der Waals surface area (Å²) in [5.41, 5.74) is 0.574. The van der Waals surface area contributed by atoms with Gasteiger partial charge in [0, 0.05) is 13.7 Å². The van der Waals surface area contributed by atoms with Crippen molar-refractivity contribution in [2.75, 3.05) is 13.7 Å². The summed E-state index contributed by atoms with van der Waals surface area (Å²) in [6.07, 6.45) is 1.11. The highest BCUT2D eigenvalue weighted by molar-refractivity contribution is 5.73. The fourth-order valence-electron chi connectivity index (χ4n) is 2.37. The predicted molar refractivity (Wildman–Crippen MR) is 91.4 cm³/mol. The number of ether oxygens (including phenoxy) is 1. The number of rotatable bonds is 6. The molecular weight excluding hydrogens is 325 g/mol. The van der Waals surface area contributed by atoms with Crippen LogP contribution in [0.2, 0.25) is 0 Å². The minimum atomic E-state index is -0.357. The zero-order chi connectivity index (χ0) is 18.4. The van der Waals surface area contributed by atoms with Gasteiger partial charge in [0.25, 0.3) is 0 Å². The molecule has 0 spiro atoms. The van der Waals surface area contributed by atoms with E-state index in [2.05, 4.69) is 20.7 Å². The van der Waals surface area contributed by atoms with E-state index in [-0.39, 0.29) is 36.6 Å². The van der Waals surface area contributed by atoms with Crippen molar-refractivity contribution in [3.8, 4) is 0 Å². The highest BCUT2D eigenvalue weighted by Gasteiger charge is 2.19. The highest BCUT2D eigenvalue weighted by atomic mass is 19.1. The summed E-state index contributed by atoms with van der Waals surface area (Å²) in [7, 11) is 1.54. The number of halogens is 1. The van der Waals surface area contributed by atoms with Gasteiger partial charge in [0.2, 0.25) is 0 Å². The molecule has 1 heterocycles. The van der Waals surface area contributed by atoms with E-state index in [1.54, 1.807) is 23.9 Å². The lowest BCUT2D eigenvalue weighted by molar-refractivity contribution is 0.104. The van der Waals surface area contributed by atoms with E-state index in [0.717, 1.165) is 5.56 Å². The predicted octanol–water partition coefficient (Wildman–Crippen LogP) is 2.36. The van der Waals surface area contributed by atoms with Crippen LogP contribution in [-0.4, -0.2) is 34.5 Å². The van der Waals surface area contributed by atoms with E-state index >= 15 is 0 Å². The Balaban J connectivity index is 1.86. The Morgan fingerprint density at radius 3 is 2.56 bits per heavy atom. The Kier molecular flexibility index (Phi) is 6.08. The molecule has 0 aliphatic rings. The molecule has 8 heteroatoms. The van der Waals surface area contributed by atoms with Crippen molar-refractivity contribution in [3.63, 3.8) is 0 Å². The van der Waals surface area contributed by atoms with Gasteiger partial charge in [-0.1, -0.05) is 12.1 Å². The van der Waals surface area contributed by atoms with E-state index in [4.69, 9.17) is 4.74 Å². The quantitative estimate of drug-likeness (QED) is 0.839. The maximum Gasteiger partial charge on any atom is 0.315 e. The number of urea groups is 1. The molecule has 0 radical (unpaired) electrons. The fraction of sp³-hybridized carbons (Fsp3) is 0.471. The van der Waals surface area contributed by atoms with Crippen molar-refractivity contribution >= 4 is 6.03 Å². The number of nitrogens with one attached hydrogen (secondary N) is 2. The Labute approximate surface area is 146 Å². The number of hydrogen-bond donors (Lipinski definition) is 2. The molecule has 0 saturated carbocycles. The van der Waals surface area contributed by atoms with E-state index in [1.807, 2.05) is 20.8 Å². The number of methoxy groups -OCH3 is 1. The molecule has 2 rings (SSSR count). The normalized spacial score (nSPS) is 12.7. The minimum absolute atomic E-state index is 0.215. The number of carbonyl (C=O) groups excluding carboxylic acids is 1. The lowest BCUT2D eigenvalue weighted by Crippen LogP contribution is -2.39. The second kappa shape index (κ2) is 8.06. The summed E-state index contributed by atoms with van der Waals surface area (Å²) in [6.45, 7) is 6.56. The minimum Gasteiger partial charge on any atom is -0.375 e. The van der Waals surface area contributed by atoms with Crippen LogP contribution in [0.4, 0.5) is 9.18 Å². The first-order valence-corrected chi connectivity index (χ1v) is 8.00. The van der Waals surface area contributed by atoms with Gasteiger partial charge in [-0.2, -0.15) is 5.10 Å². The van der Waals surface area contributed by atoms with E-state index in [9.17, 15) is 9.18 Å². The summed E-state index contributed by atoms with van der Waals surface area (Å²) in [6, 6.07) is 5.65. The molecule has 2 N–H and O–H groups in total. The van der Waals surface area contributed by atoms with E-state index in [0.29, 0.717) is 5.82 Å². The third-order valence-electron chi connectivity index (χ3n) is 3.64. The SMILES string of the molecule is COC(CNC(=O)NCc1ncnn1C(C)(C)C)c1ccc(F)cc1. The molecule has 2 amide bonds. The summed E-state index contributed by atoms with van der Waals surface area (Å²) >= 11 is 0. The maximum absolute atomic E-state index is 13.0. The van der Waals surface area contributed by atoms with Crippen LogP contribution in [0, 0.1) is 5.82 Å². The monoisotopic (exact) mass is 349 g/mol. The van der Waals surface area contributed by atoms with Crippen molar-refractivity contribution < 1.29 is 13.9 Å². The number of amides is 2. The number of nitrogens with zero attached hydrogens (tertiary/aromatic N) is 3. The second-order valence-corrected chi connectivity index (χ2v) is 6.60. The lowest BCUT2D eigenvalue weighted by Gasteiger charge is -2.21. The molecule has 1 atom stereocenters. The van der Waals surface area contributed by atoms with Gasteiger partial charge in [0.1, 0.15) is 18.0 Å². The molecule has 136 valence electrons. The van der Waals surface area contributed by atoms with Crippen LogP contribution in [0.5, 0.6) is 0 Å². The summed E-state index contributed by atoms with van der Waals surface area (Å²) in [4.78, 5) is 16.2. The molecule has 0 aliphatic carbocycles. The molecule has 2 aromatic rings. The third kappa shape index (κ3) is 5.25. The molecule has 0 fully saturated rings. The van der Waals surface area contributed by atoms with Crippen molar-refractivity contribution in [3.05, 3.63) is 47.8 Å². The Morgan fingerprint density at radius 2 is 1.96 bits per heavy atom. The average Bonchev–Trinajstić information content (AvgIpc) is 3.04. The molecule has 1 aromatic heterocycles. The number of benzene rings is 1. The van der Waals surface area contributed by atoms with E-state index < -0.39 is 0 Å². The zero-order valence-corrected chi connectivity index (χ0v) is 14.9. The Bertz CT molecular complexity index is 694. The van der Waals surface area contributed by atoms with Crippen LogP contribution in [0.15, 0.2) is 30.6 Å². The summed E-state index contributed by atoms with van der Waals surface area (Å²) < 4.78 is 20.1. The molecule has 7 nitrogen and oxygen atoms in total. The van der Waals surface area contributed by atoms with Gasteiger partial charge in [-0.15, -0.1) is 0 Å². The number of carbonyl (C=O) groups is 1. The molecular formula is C17H24FN5O2. The number of aromatic nitrogens is 3. The van der Waals surface area contributed by atoms with Crippen molar-refractivity contribution in [1.82, 2.24) is 25.4 Å². The van der Waals surface area contributed by atoms with Crippen molar-refractivity contribution in [2.24, 2.45) is 0 Å². The van der Waals surface area contributed by atoms with Gasteiger partial charge in [-0.25, -0.2) is 18.9 Å². The van der Waals surface area contributed by atoms with Crippen LogP contribution < -0.4 is 10.6 Å². The van der Waals surface area contributed by atoms with Gasteiger partial charge < -0.3 is 15.4 Å². The molecule has 1 unspecified atom stereocenters. The van der Waals surface area contributed by atoms with Crippen LogP contribution in [0.25, 0.3) is 0 Å². The first-order chi connectivity index (χ1) is 11.8. The largest absolute Gasteiger partial charge is 0.375 e. The average molecular weight is 349 g/mol. The summed E-state index contributed by atoms with van der Waals surface area (Å²) in [5.74, 6) is 0.358. The second-order valence-electron chi connectivity index (χ2n) is 6.60. The molecule has 0 bridgehead atoms. The first-order valence-electron chi connectivity index (χ1n) is 8.00. The lowest BCUT2D eigenvalue weighted by atomic mass is 10.1. The smallest absolute Gasteiger partial charge is 0.315 e. The molecule has 25 heavy (non-hydrogen) atoms. The topological polar surface area (TPSA) is 81.1 Å². The molecule has 0 saturated heterocycles. The fourth-order valence-corrected chi connectivity index (χ4v) is 2.37. The van der Waals surface area contributed by atoms with Crippen LogP contribution >= 0.6 is 0 Å². The van der Waals surface area contributed by atoms with Crippen LogP contribution in [0.1, 0.15) is 38.3 Å². The standard InChI is InChI=1S/C17H24FN5O2/c1-17(2,3)23-15(21-11-22-23)10-20-16(24)19-9-14(25-4)12-5-7-13(18)8-6-12/h5-8,11,14H,9-10H2,1-4H3,(H2,19,20,24). The maximum atomic E-state index is 13.0. The van der Waals surface area contributed by atoms with Gasteiger partial charge in [0.05, 0.1) is 18.2 Å². The van der Waals surface area contributed by atoms with Crippen LogP contribution in [-0.2, 0) is 16.8 Å². The molecule has 1 aromatic carbocycles. The van der Waals surface area contributed by atoms with E-state index in [1.165, 1.54) is 18.5 Å². The zero-order valence-electron chi connectivity index (χ0n) is 14.9. The van der Waals surface area contributed by atoms with Gasteiger partial charge in [-0.3, -0.25) is 0 Å². The number of hydrogen-bond acceptors (Lipinski definition) is 4. The molecule has 0 aliphatic heterocycles.